The quantitative estimate of drug-likeness (QED) is 0.240. The molecule has 0 aliphatic heterocycles. The van der Waals surface area contributed by atoms with Crippen LogP contribution in [0.1, 0.15) is 44.8 Å². The third-order valence-corrected chi connectivity index (χ3v) is 7.36. The van der Waals surface area contributed by atoms with Crippen LogP contribution in [-0.4, -0.2) is 58.9 Å². The van der Waals surface area contributed by atoms with Gasteiger partial charge in [0, 0.05) is 42.6 Å². The van der Waals surface area contributed by atoms with Gasteiger partial charge in [0.05, 0.1) is 32.2 Å². The Bertz CT molecular complexity index is 1300. The van der Waals surface area contributed by atoms with E-state index in [1.165, 1.54) is 5.56 Å². The van der Waals surface area contributed by atoms with Crippen LogP contribution in [0.5, 0.6) is 5.75 Å². The minimum atomic E-state index is -0.283. The molecule has 0 bridgehead atoms. The summed E-state index contributed by atoms with van der Waals surface area (Å²) in [5.74, 6) is 2.18. The molecule has 0 fully saturated rings. The van der Waals surface area contributed by atoms with Gasteiger partial charge in [-0.1, -0.05) is 50.2 Å². The maximum absolute atomic E-state index is 5.51. The maximum Gasteiger partial charge on any atom is 0.241 e. The van der Waals surface area contributed by atoms with Gasteiger partial charge in [-0.05, 0) is 48.7 Å². The Labute approximate surface area is 225 Å². The fraction of sp³-hybridized carbons (Fsp3) is 0.400. The van der Waals surface area contributed by atoms with Crippen LogP contribution in [0.4, 0.5) is 0 Å². The van der Waals surface area contributed by atoms with Crippen molar-refractivity contribution in [2.45, 2.75) is 39.7 Å². The molecule has 0 aliphatic carbocycles. The van der Waals surface area contributed by atoms with Crippen LogP contribution in [0, 0.1) is 5.92 Å². The van der Waals surface area contributed by atoms with Crippen molar-refractivity contribution in [1.29, 1.82) is 0 Å². The molecule has 8 heteroatoms. The number of rotatable bonds is 12. The third-order valence-electron chi connectivity index (χ3n) is 7.36. The molecule has 0 saturated carbocycles. The van der Waals surface area contributed by atoms with E-state index in [0.717, 1.165) is 41.2 Å². The average Bonchev–Trinajstić information content (AvgIpc) is 3.43. The van der Waals surface area contributed by atoms with E-state index in [9.17, 15) is 0 Å². The molecule has 1 unspecified atom stereocenters. The van der Waals surface area contributed by atoms with Crippen molar-refractivity contribution in [2.75, 3.05) is 33.9 Å². The first-order valence-electron chi connectivity index (χ1n) is 13.0. The van der Waals surface area contributed by atoms with Gasteiger partial charge in [-0.15, -0.1) is 0 Å². The molecule has 8 nitrogen and oxygen atoms in total. The van der Waals surface area contributed by atoms with E-state index in [2.05, 4.69) is 78.1 Å². The van der Waals surface area contributed by atoms with Gasteiger partial charge in [-0.2, -0.15) is 4.98 Å². The normalized spacial score (nSPS) is 13.2. The molecule has 0 spiro atoms. The van der Waals surface area contributed by atoms with Crippen LogP contribution >= 0.6 is 0 Å². The van der Waals surface area contributed by atoms with Crippen molar-refractivity contribution in [3.63, 3.8) is 0 Å². The van der Waals surface area contributed by atoms with Crippen LogP contribution in [0.15, 0.2) is 65.6 Å². The Balaban J connectivity index is 1.55. The molecule has 1 aromatic carbocycles. The van der Waals surface area contributed by atoms with Crippen molar-refractivity contribution in [3.8, 4) is 28.3 Å². The molecule has 0 radical (unpaired) electrons. The number of benzene rings is 1. The van der Waals surface area contributed by atoms with E-state index < -0.39 is 0 Å². The number of methoxy groups -OCH3 is 2. The van der Waals surface area contributed by atoms with Gasteiger partial charge in [0.25, 0.3) is 0 Å². The molecule has 38 heavy (non-hydrogen) atoms. The second kappa shape index (κ2) is 12.3. The molecule has 200 valence electrons. The molecule has 0 aliphatic rings. The molecule has 3 aromatic heterocycles. The van der Waals surface area contributed by atoms with Gasteiger partial charge < -0.3 is 14.0 Å². The van der Waals surface area contributed by atoms with E-state index in [1.54, 1.807) is 20.4 Å². The Kier molecular flexibility index (Phi) is 8.86. The predicted octanol–water partition coefficient (Wildman–Crippen LogP) is 5.63. The van der Waals surface area contributed by atoms with Crippen molar-refractivity contribution >= 4 is 0 Å². The lowest BCUT2D eigenvalue weighted by Crippen LogP contribution is -2.31. The standard InChI is InChI=1S/C30H37N5O3/c1-7-35(14-15-36-5)20-28-33-29(34-38-28)23-10-13-27(32-18-23)30(4,21(2)3)25-11-8-22(9-12-25)24-16-26(37-6)19-31-17-24/h8-13,16-19,21H,7,14-15,20H2,1-6H3. The lowest BCUT2D eigenvalue weighted by atomic mass is 9.70. The van der Waals surface area contributed by atoms with Gasteiger partial charge in [-0.25, -0.2) is 0 Å². The minimum absolute atomic E-state index is 0.283. The third kappa shape index (κ3) is 5.92. The summed E-state index contributed by atoms with van der Waals surface area (Å²) in [7, 11) is 3.35. The second-order valence-corrected chi connectivity index (χ2v) is 9.85. The van der Waals surface area contributed by atoms with Crippen LogP contribution in [-0.2, 0) is 16.7 Å². The summed E-state index contributed by atoms with van der Waals surface area (Å²) in [6, 6.07) is 14.7. The number of pyridine rings is 2. The Morgan fingerprint density at radius 2 is 1.74 bits per heavy atom. The van der Waals surface area contributed by atoms with E-state index in [1.807, 2.05) is 24.5 Å². The van der Waals surface area contributed by atoms with E-state index in [0.29, 0.717) is 30.8 Å². The first-order valence-corrected chi connectivity index (χ1v) is 13.0. The van der Waals surface area contributed by atoms with Crippen molar-refractivity contribution in [3.05, 3.63) is 78.2 Å². The first-order chi connectivity index (χ1) is 18.4. The Morgan fingerprint density at radius 1 is 0.974 bits per heavy atom. The van der Waals surface area contributed by atoms with Crippen LogP contribution in [0.25, 0.3) is 22.5 Å². The van der Waals surface area contributed by atoms with E-state index in [4.69, 9.17) is 19.0 Å². The fourth-order valence-electron chi connectivity index (χ4n) is 4.50. The zero-order chi connectivity index (χ0) is 27.1. The monoisotopic (exact) mass is 515 g/mol. The lowest BCUT2D eigenvalue weighted by molar-refractivity contribution is 0.139. The summed E-state index contributed by atoms with van der Waals surface area (Å²) in [5, 5.41) is 4.19. The predicted molar refractivity (Wildman–Crippen MR) is 148 cm³/mol. The molecule has 0 amide bonds. The van der Waals surface area contributed by atoms with Crippen LogP contribution in [0.2, 0.25) is 0 Å². The second-order valence-electron chi connectivity index (χ2n) is 9.85. The summed E-state index contributed by atoms with van der Waals surface area (Å²) in [4.78, 5) is 16.0. The van der Waals surface area contributed by atoms with E-state index in [-0.39, 0.29) is 5.41 Å². The molecule has 0 N–H and O–H groups in total. The molecular weight excluding hydrogens is 478 g/mol. The highest BCUT2D eigenvalue weighted by Gasteiger charge is 2.34. The topological polar surface area (TPSA) is 86.4 Å². The highest BCUT2D eigenvalue weighted by atomic mass is 16.5. The number of likely N-dealkylation sites (N-methyl/N-ethyl adjacent to an activating group) is 1. The molecular formula is C30H37N5O3. The Hall–Kier alpha value is -3.62. The lowest BCUT2D eigenvalue weighted by Gasteiger charge is -2.34. The van der Waals surface area contributed by atoms with Gasteiger partial charge >= 0.3 is 0 Å². The van der Waals surface area contributed by atoms with Crippen molar-refractivity contribution in [2.24, 2.45) is 5.92 Å². The van der Waals surface area contributed by atoms with Crippen LogP contribution < -0.4 is 4.74 Å². The van der Waals surface area contributed by atoms with Gasteiger partial charge in [0.2, 0.25) is 11.7 Å². The Morgan fingerprint density at radius 3 is 2.37 bits per heavy atom. The summed E-state index contributed by atoms with van der Waals surface area (Å²) < 4.78 is 16.0. The minimum Gasteiger partial charge on any atom is -0.495 e. The molecule has 3 heterocycles. The highest BCUT2D eigenvalue weighted by Crippen LogP contribution is 2.39. The van der Waals surface area contributed by atoms with Gasteiger partial charge in [0.15, 0.2) is 0 Å². The smallest absolute Gasteiger partial charge is 0.241 e. The number of ether oxygens (including phenoxy) is 2. The summed E-state index contributed by atoms with van der Waals surface area (Å²) in [6.07, 6.45) is 5.40. The average molecular weight is 516 g/mol. The maximum atomic E-state index is 5.51. The van der Waals surface area contributed by atoms with Crippen molar-refractivity contribution in [1.82, 2.24) is 25.0 Å². The molecule has 4 rings (SSSR count). The molecule has 4 aromatic rings. The zero-order valence-corrected chi connectivity index (χ0v) is 23.1. The highest BCUT2D eigenvalue weighted by molar-refractivity contribution is 5.64. The number of hydrogen-bond acceptors (Lipinski definition) is 8. The summed E-state index contributed by atoms with van der Waals surface area (Å²) in [6.45, 7) is 11.7. The summed E-state index contributed by atoms with van der Waals surface area (Å²) in [5.41, 5.74) is 4.85. The fourth-order valence-corrected chi connectivity index (χ4v) is 4.50. The van der Waals surface area contributed by atoms with E-state index >= 15 is 0 Å². The summed E-state index contributed by atoms with van der Waals surface area (Å²) >= 11 is 0. The van der Waals surface area contributed by atoms with Crippen molar-refractivity contribution < 1.29 is 14.0 Å². The number of hydrogen-bond donors (Lipinski definition) is 0. The first kappa shape index (κ1) is 27.4. The number of aromatic nitrogens is 4. The van der Waals surface area contributed by atoms with Crippen LogP contribution in [0.3, 0.4) is 0 Å². The molecule has 0 saturated heterocycles. The number of nitrogens with zero attached hydrogens (tertiary/aromatic N) is 5. The van der Waals surface area contributed by atoms with Gasteiger partial charge in [-0.3, -0.25) is 14.9 Å². The van der Waals surface area contributed by atoms with Gasteiger partial charge in [0.1, 0.15) is 5.75 Å². The SMILES string of the molecule is CCN(CCOC)Cc1nc(-c2ccc(C(C)(c3ccc(-c4cncc(OC)c4)cc3)C(C)C)nc2)no1. The largest absolute Gasteiger partial charge is 0.495 e. The molecule has 1 atom stereocenters. The zero-order valence-electron chi connectivity index (χ0n) is 23.1.